The number of hydrogen-bond donors (Lipinski definition) is 3. The topological polar surface area (TPSA) is 115 Å². The number of benzene rings is 1. The van der Waals surface area contributed by atoms with Crippen molar-refractivity contribution in [1.29, 1.82) is 0 Å². The molecule has 31 heavy (non-hydrogen) atoms. The number of anilines is 2. The van der Waals surface area contributed by atoms with Crippen LogP contribution < -0.4 is 10.6 Å². The highest BCUT2D eigenvalue weighted by Gasteiger charge is 2.37. The number of H-pyrrole nitrogens is 1. The van der Waals surface area contributed by atoms with Gasteiger partial charge in [0.2, 0.25) is 11.9 Å². The van der Waals surface area contributed by atoms with Crippen LogP contribution in [0.5, 0.6) is 0 Å². The lowest BCUT2D eigenvalue weighted by atomic mass is 9.94. The zero-order chi connectivity index (χ0) is 22.0. The first-order valence-electron chi connectivity index (χ1n) is 10.8. The lowest BCUT2D eigenvalue weighted by Gasteiger charge is -2.50. The van der Waals surface area contributed by atoms with E-state index in [-0.39, 0.29) is 18.6 Å². The Morgan fingerprint density at radius 1 is 1.23 bits per heavy atom. The summed E-state index contributed by atoms with van der Waals surface area (Å²) in [6.45, 7) is 5.59. The summed E-state index contributed by atoms with van der Waals surface area (Å²) < 4.78 is 0. The van der Waals surface area contributed by atoms with E-state index < -0.39 is 5.97 Å². The van der Waals surface area contributed by atoms with Crippen LogP contribution in [-0.4, -0.2) is 86.9 Å². The van der Waals surface area contributed by atoms with Crippen LogP contribution in [0.2, 0.25) is 5.02 Å². The average molecular weight is 448 g/mol. The summed E-state index contributed by atoms with van der Waals surface area (Å²) in [6.07, 6.45) is 2.91. The molecule has 4 rings (SSSR count). The van der Waals surface area contributed by atoms with Crippen LogP contribution in [-0.2, 0) is 11.2 Å². The molecule has 1 aromatic heterocycles. The van der Waals surface area contributed by atoms with E-state index in [4.69, 9.17) is 17.3 Å². The Hall–Kier alpha value is -2.36. The van der Waals surface area contributed by atoms with E-state index in [2.05, 4.69) is 48.9 Å². The second kappa shape index (κ2) is 9.42. The van der Waals surface area contributed by atoms with Crippen molar-refractivity contribution in [3.63, 3.8) is 0 Å². The monoisotopic (exact) mass is 447 g/mol. The van der Waals surface area contributed by atoms with E-state index in [1.165, 1.54) is 5.56 Å². The number of nitrogens with one attached hydrogen (secondary N) is 1. The number of nitrogens with zero attached hydrogens (tertiary/aromatic N) is 5. The fourth-order valence-corrected chi connectivity index (χ4v) is 4.98. The quantitative estimate of drug-likeness (QED) is 0.613. The Bertz CT molecular complexity index is 882. The molecule has 0 spiro atoms. The van der Waals surface area contributed by atoms with Gasteiger partial charge in [0.15, 0.2) is 0 Å². The third-order valence-corrected chi connectivity index (χ3v) is 6.71. The number of piperidine rings is 1. The lowest BCUT2D eigenvalue weighted by molar-refractivity contribution is -0.140. The van der Waals surface area contributed by atoms with Gasteiger partial charge in [0.25, 0.3) is 0 Å². The lowest BCUT2D eigenvalue weighted by Crippen LogP contribution is -2.62. The van der Waals surface area contributed by atoms with Crippen LogP contribution >= 0.6 is 11.6 Å². The summed E-state index contributed by atoms with van der Waals surface area (Å²) in [4.78, 5) is 21.3. The van der Waals surface area contributed by atoms with Crippen molar-refractivity contribution >= 4 is 29.5 Å². The molecule has 0 bridgehead atoms. The first-order valence-corrected chi connectivity index (χ1v) is 11.2. The molecule has 1 aromatic carbocycles. The Morgan fingerprint density at radius 3 is 2.55 bits per heavy atom. The highest BCUT2D eigenvalue weighted by Crippen LogP contribution is 2.27. The standard InChI is InChI=1S/C21H30ClN7O2/c1-14-11-29(17-6-8-27(9-7-17)21-24-20(23)25-26-21)18(12-28(14)13-19(30)31)10-15-2-4-16(22)5-3-15/h2-5,14,17-18H,6-13H2,1H3,(H,30,31)(H3,23,24,25,26)/t14-,18?/m0/s1. The Morgan fingerprint density at radius 2 is 1.94 bits per heavy atom. The molecule has 2 atom stereocenters. The maximum atomic E-state index is 11.4. The molecule has 168 valence electrons. The zero-order valence-corrected chi connectivity index (χ0v) is 18.5. The van der Waals surface area contributed by atoms with Crippen LogP contribution in [0.4, 0.5) is 11.9 Å². The predicted molar refractivity (Wildman–Crippen MR) is 120 cm³/mol. The fraction of sp³-hybridized carbons (Fsp3) is 0.571. The summed E-state index contributed by atoms with van der Waals surface area (Å²) in [5.74, 6) is 0.294. The van der Waals surface area contributed by atoms with Gasteiger partial charge in [-0.25, -0.2) is 0 Å². The molecule has 2 aliphatic rings. The van der Waals surface area contributed by atoms with Crippen molar-refractivity contribution in [2.45, 2.75) is 44.3 Å². The molecule has 10 heteroatoms. The molecule has 2 fully saturated rings. The number of aromatic nitrogens is 3. The zero-order valence-electron chi connectivity index (χ0n) is 17.7. The maximum Gasteiger partial charge on any atom is 0.317 e. The largest absolute Gasteiger partial charge is 0.480 e. The fourth-order valence-electron chi connectivity index (χ4n) is 4.86. The summed E-state index contributed by atoms with van der Waals surface area (Å²) in [7, 11) is 0. The Kier molecular flexibility index (Phi) is 6.64. The number of aliphatic carboxylic acids is 1. The van der Waals surface area contributed by atoms with E-state index in [9.17, 15) is 9.90 Å². The third kappa shape index (κ3) is 5.28. The number of carboxylic acids is 1. The molecule has 0 saturated carbocycles. The van der Waals surface area contributed by atoms with E-state index in [0.29, 0.717) is 12.0 Å². The summed E-state index contributed by atoms with van der Waals surface area (Å²) >= 11 is 6.06. The maximum absolute atomic E-state index is 11.4. The number of aromatic amines is 1. The number of nitrogens with two attached hydrogens (primary N) is 1. The molecule has 2 aromatic rings. The van der Waals surface area contributed by atoms with Gasteiger partial charge in [0.1, 0.15) is 0 Å². The van der Waals surface area contributed by atoms with Crippen molar-refractivity contribution in [3.8, 4) is 0 Å². The minimum atomic E-state index is -0.773. The van der Waals surface area contributed by atoms with Gasteiger partial charge in [-0.1, -0.05) is 23.7 Å². The van der Waals surface area contributed by atoms with Crippen molar-refractivity contribution in [1.82, 2.24) is 25.0 Å². The summed E-state index contributed by atoms with van der Waals surface area (Å²) in [5, 5.41) is 18.1. The highest BCUT2D eigenvalue weighted by molar-refractivity contribution is 6.30. The van der Waals surface area contributed by atoms with Gasteiger partial charge in [0, 0.05) is 49.3 Å². The number of nitrogen functional groups attached to an aromatic ring is 1. The van der Waals surface area contributed by atoms with Crippen LogP contribution in [0.15, 0.2) is 24.3 Å². The van der Waals surface area contributed by atoms with E-state index in [1.807, 2.05) is 12.1 Å². The first-order chi connectivity index (χ1) is 14.9. The van der Waals surface area contributed by atoms with Crippen LogP contribution in [0, 0.1) is 0 Å². The molecule has 2 aliphatic heterocycles. The molecule has 9 nitrogen and oxygen atoms in total. The molecule has 0 amide bonds. The van der Waals surface area contributed by atoms with Gasteiger partial charge in [0.05, 0.1) is 6.54 Å². The molecular weight excluding hydrogens is 418 g/mol. The molecule has 3 heterocycles. The Labute approximate surface area is 187 Å². The minimum Gasteiger partial charge on any atom is -0.480 e. The van der Waals surface area contributed by atoms with Crippen molar-refractivity contribution < 1.29 is 9.90 Å². The number of carbonyl (C=O) groups is 1. The van der Waals surface area contributed by atoms with Gasteiger partial charge >= 0.3 is 5.97 Å². The van der Waals surface area contributed by atoms with Gasteiger partial charge < -0.3 is 15.7 Å². The predicted octanol–water partition coefficient (Wildman–Crippen LogP) is 1.71. The minimum absolute atomic E-state index is 0.0808. The molecule has 4 N–H and O–H groups in total. The van der Waals surface area contributed by atoms with Crippen molar-refractivity contribution in [3.05, 3.63) is 34.9 Å². The molecule has 2 saturated heterocycles. The second-order valence-corrected chi connectivity index (χ2v) is 9.04. The highest BCUT2D eigenvalue weighted by atomic mass is 35.5. The molecule has 0 radical (unpaired) electrons. The number of hydrogen-bond acceptors (Lipinski definition) is 7. The summed E-state index contributed by atoms with van der Waals surface area (Å²) in [6, 6.07) is 8.88. The normalized spacial score (nSPS) is 23.9. The van der Waals surface area contributed by atoms with Gasteiger partial charge in [-0.05, 0) is 43.9 Å². The van der Waals surface area contributed by atoms with Crippen molar-refractivity contribution in [2.75, 3.05) is 43.4 Å². The smallest absolute Gasteiger partial charge is 0.317 e. The summed E-state index contributed by atoms with van der Waals surface area (Å²) in [5.41, 5.74) is 6.90. The van der Waals surface area contributed by atoms with E-state index >= 15 is 0 Å². The van der Waals surface area contributed by atoms with Crippen LogP contribution in [0.25, 0.3) is 0 Å². The third-order valence-electron chi connectivity index (χ3n) is 6.46. The van der Waals surface area contributed by atoms with E-state index in [0.717, 1.165) is 56.4 Å². The molecule has 1 unspecified atom stereocenters. The number of piperazine rings is 1. The number of carboxylic acid groups (broad SMARTS) is 1. The molecule has 0 aliphatic carbocycles. The van der Waals surface area contributed by atoms with Gasteiger partial charge in [-0.3, -0.25) is 19.6 Å². The van der Waals surface area contributed by atoms with Crippen LogP contribution in [0.1, 0.15) is 25.3 Å². The van der Waals surface area contributed by atoms with E-state index in [1.54, 1.807) is 0 Å². The van der Waals surface area contributed by atoms with Gasteiger partial charge in [-0.2, -0.15) is 0 Å². The Balaban J connectivity index is 1.46. The van der Waals surface area contributed by atoms with Crippen molar-refractivity contribution in [2.24, 2.45) is 0 Å². The molecular formula is C21H30ClN7O2. The average Bonchev–Trinajstić information content (AvgIpc) is 3.18. The first kappa shape index (κ1) is 21.9. The number of rotatable bonds is 6. The van der Waals surface area contributed by atoms with Gasteiger partial charge in [-0.15, -0.1) is 10.2 Å². The SMILES string of the molecule is C[C@H]1CN(C2CCN(c3nnc(N)[nH]3)CC2)C(Cc2ccc(Cl)cc2)CN1CC(=O)O. The second-order valence-electron chi connectivity index (χ2n) is 8.61. The number of halogens is 1. The van der Waals surface area contributed by atoms with Crippen LogP contribution in [0.3, 0.4) is 0 Å².